The molecule has 3 heteroatoms. The van der Waals surface area contributed by atoms with Crippen molar-refractivity contribution in [2.45, 2.75) is 26.2 Å². The zero-order chi connectivity index (χ0) is 8.43. The molecule has 0 heterocycles. The monoisotopic (exact) mass is 156 g/mol. The number of hydrogen-bond donors (Lipinski definition) is 1. The summed E-state index contributed by atoms with van der Waals surface area (Å²) < 4.78 is 0. The molecule has 1 N–H and O–H groups in total. The predicted octanol–water partition coefficient (Wildman–Crippen LogP) is 1.08. The Morgan fingerprint density at radius 2 is 2.36 bits per heavy atom. The molecule has 62 valence electrons. The first-order chi connectivity index (χ1) is 5.16. The molecule has 1 saturated carbocycles. The lowest BCUT2D eigenvalue weighted by molar-refractivity contribution is -0.144. The van der Waals surface area contributed by atoms with Crippen LogP contribution in [-0.2, 0) is 9.59 Å². The van der Waals surface area contributed by atoms with Crippen molar-refractivity contribution in [1.29, 1.82) is 0 Å². The summed E-state index contributed by atoms with van der Waals surface area (Å²) in [6, 6.07) is 0. The number of carbonyl (C=O) groups is 2. The summed E-state index contributed by atoms with van der Waals surface area (Å²) in [5.74, 6) is -1.32. The molecule has 0 saturated heterocycles. The topological polar surface area (TPSA) is 54.4 Å². The van der Waals surface area contributed by atoms with Gasteiger partial charge in [0.1, 0.15) is 5.78 Å². The van der Waals surface area contributed by atoms with Crippen molar-refractivity contribution < 1.29 is 14.7 Å². The first kappa shape index (κ1) is 8.24. The number of Topliss-reactive ketones (excluding diaryl/α,β-unsaturated/α-hetero) is 1. The van der Waals surface area contributed by atoms with E-state index in [1.807, 2.05) is 6.92 Å². The van der Waals surface area contributed by atoms with Crippen molar-refractivity contribution in [1.82, 2.24) is 0 Å². The molecule has 0 aromatic heterocycles. The van der Waals surface area contributed by atoms with E-state index in [4.69, 9.17) is 5.11 Å². The third kappa shape index (κ3) is 1.42. The van der Waals surface area contributed by atoms with E-state index in [1.54, 1.807) is 0 Å². The minimum atomic E-state index is -0.817. The smallest absolute Gasteiger partial charge is 0.307 e. The summed E-state index contributed by atoms with van der Waals surface area (Å²) in [7, 11) is 0. The van der Waals surface area contributed by atoms with Crippen LogP contribution in [0, 0.1) is 11.8 Å². The Balaban J connectivity index is 2.68. The fourth-order valence-electron chi connectivity index (χ4n) is 1.72. The molecule has 1 aliphatic carbocycles. The highest BCUT2D eigenvalue weighted by atomic mass is 16.4. The lowest BCUT2D eigenvalue weighted by Crippen LogP contribution is -2.21. The Hall–Kier alpha value is -0.860. The van der Waals surface area contributed by atoms with E-state index in [0.717, 1.165) is 0 Å². The van der Waals surface area contributed by atoms with Crippen LogP contribution in [0.2, 0.25) is 0 Å². The van der Waals surface area contributed by atoms with Crippen LogP contribution in [0.3, 0.4) is 0 Å². The number of hydrogen-bond acceptors (Lipinski definition) is 2. The van der Waals surface area contributed by atoms with Gasteiger partial charge in [-0.15, -0.1) is 0 Å². The molecule has 3 nitrogen and oxygen atoms in total. The average Bonchev–Trinajstić information content (AvgIpc) is 2.30. The number of carboxylic acids is 1. The number of aliphatic carboxylic acids is 1. The van der Waals surface area contributed by atoms with Crippen LogP contribution in [0.1, 0.15) is 26.2 Å². The second kappa shape index (κ2) is 3.03. The summed E-state index contributed by atoms with van der Waals surface area (Å²) >= 11 is 0. The van der Waals surface area contributed by atoms with Gasteiger partial charge in [-0.05, 0) is 12.8 Å². The Morgan fingerprint density at radius 3 is 2.73 bits per heavy atom. The maximum absolute atomic E-state index is 11.1. The highest BCUT2D eigenvalue weighted by Crippen LogP contribution is 2.30. The SMILES string of the molecule is CC[C@@H]1C(=O)CC[C@H]1C(=O)O. The van der Waals surface area contributed by atoms with Crippen molar-refractivity contribution in [3.05, 3.63) is 0 Å². The van der Waals surface area contributed by atoms with Crippen LogP contribution < -0.4 is 0 Å². The third-order valence-corrected chi connectivity index (χ3v) is 2.36. The molecular weight excluding hydrogens is 144 g/mol. The molecule has 0 radical (unpaired) electrons. The van der Waals surface area contributed by atoms with E-state index in [2.05, 4.69) is 0 Å². The van der Waals surface area contributed by atoms with Gasteiger partial charge in [0.05, 0.1) is 5.92 Å². The van der Waals surface area contributed by atoms with Crippen molar-refractivity contribution in [3.63, 3.8) is 0 Å². The van der Waals surface area contributed by atoms with Gasteiger partial charge in [0.15, 0.2) is 0 Å². The van der Waals surface area contributed by atoms with Gasteiger partial charge in [-0.3, -0.25) is 9.59 Å². The standard InChI is InChI=1S/C8H12O3/c1-2-5-6(8(10)11)3-4-7(5)9/h5-6H,2-4H2,1H3,(H,10,11)/t5-,6+/m0/s1. The molecule has 11 heavy (non-hydrogen) atoms. The van der Waals surface area contributed by atoms with Gasteiger partial charge >= 0.3 is 5.97 Å². The van der Waals surface area contributed by atoms with Gasteiger partial charge in [-0.25, -0.2) is 0 Å². The van der Waals surface area contributed by atoms with E-state index >= 15 is 0 Å². The second-order valence-electron chi connectivity index (χ2n) is 2.96. The summed E-state index contributed by atoms with van der Waals surface area (Å²) in [6.45, 7) is 1.86. The van der Waals surface area contributed by atoms with E-state index < -0.39 is 11.9 Å². The molecule has 2 atom stereocenters. The van der Waals surface area contributed by atoms with E-state index in [0.29, 0.717) is 19.3 Å². The minimum Gasteiger partial charge on any atom is -0.481 e. The molecular formula is C8H12O3. The quantitative estimate of drug-likeness (QED) is 0.650. The first-order valence-corrected chi connectivity index (χ1v) is 3.92. The van der Waals surface area contributed by atoms with Crippen LogP contribution >= 0.6 is 0 Å². The highest BCUT2D eigenvalue weighted by molar-refractivity contribution is 5.89. The summed E-state index contributed by atoms with van der Waals surface area (Å²) in [6.07, 6.45) is 1.65. The lowest BCUT2D eigenvalue weighted by Gasteiger charge is -2.10. The lowest BCUT2D eigenvalue weighted by atomic mass is 9.93. The normalized spacial score (nSPS) is 30.8. The van der Waals surface area contributed by atoms with Crippen LogP contribution in [0.25, 0.3) is 0 Å². The third-order valence-electron chi connectivity index (χ3n) is 2.36. The van der Waals surface area contributed by atoms with Crippen LogP contribution in [0.5, 0.6) is 0 Å². The maximum atomic E-state index is 11.1. The molecule has 0 aliphatic heterocycles. The van der Waals surface area contributed by atoms with Gasteiger partial charge in [-0.1, -0.05) is 6.92 Å². The summed E-state index contributed by atoms with van der Waals surface area (Å²) in [5, 5.41) is 8.68. The molecule has 1 aliphatic rings. The summed E-state index contributed by atoms with van der Waals surface area (Å²) in [5.41, 5.74) is 0. The van der Waals surface area contributed by atoms with Gasteiger partial charge in [0, 0.05) is 12.3 Å². The number of rotatable bonds is 2. The molecule has 1 rings (SSSR count). The minimum absolute atomic E-state index is 0.125. The van der Waals surface area contributed by atoms with Gasteiger partial charge in [0.2, 0.25) is 0 Å². The Labute approximate surface area is 65.4 Å². The molecule has 0 aromatic carbocycles. The number of carbonyl (C=O) groups excluding carboxylic acids is 1. The van der Waals surface area contributed by atoms with E-state index in [-0.39, 0.29) is 11.7 Å². The van der Waals surface area contributed by atoms with Crippen molar-refractivity contribution in [3.8, 4) is 0 Å². The Bertz CT molecular complexity index is 186. The fourth-order valence-corrected chi connectivity index (χ4v) is 1.72. The predicted molar refractivity (Wildman–Crippen MR) is 39.1 cm³/mol. The molecule has 0 spiro atoms. The number of ketones is 1. The average molecular weight is 156 g/mol. The number of carboxylic acid groups (broad SMARTS) is 1. The highest BCUT2D eigenvalue weighted by Gasteiger charge is 2.37. The van der Waals surface area contributed by atoms with E-state index in [9.17, 15) is 9.59 Å². The molecule has 0 unspecified atom stereocenters. The largest absolute Gasteiger partial charge is 0.481 e. The molecule has 0 bridgehead atoms. The van der Waals surface area contributed by atoms with Crippen molar-refractivity contribution >= 4 is 11.8 Å². The molecule has 0 aromatic rings. The van der Waals surface area contributed by atoms with Gasteiger partial charge < -0.3 is 5.11 Å². The van der Waals surface area contributed by atoms with Gasteiger partial charge in [0.25, 0.3) is 0 Å². The second-order valence-corrected chi connectivity index (χ2v) is 2.96. The van der Waals surface area contributed by atoms with E-state index in [1.165, 1.54) is 0 Å². The van der Waals surface area contributed by atoms with Crippen molar-refractivity contribution in [2.75, 3.05) is 0 Å². The van der Waals surface area contributed by atoms with Crippen LogP contribution in [-0.4, -0.2) is 16.9 Å². The maximum Gasteiger partial charge on any atom is 0.307 e. The first-order valence-electron chi connectivity index (χ1n) is 3.92. The van der Waals surface area contributed by atoms with Gasteiger partial charge in [-0.2, -0.15) is 0 Å². The molecule has 0 amide bonds. The molecule has 1 fully saturated rings. The zero-order valence-electron chi connectivity index (χ0n) is 6.54. The zero-order valence-corrected chi connectivity index (χ0v) is 6.54. The Morgan fingerprint density at radius 1 is 1.73 bits per heavy atom. The van der Waals surface area contributed by atoms with Crippen LogP contribution in [0.15, 0.2) is 0 Å². The summed E-state index contributed by atoms with van der Waals surface area (Å²) in [4.78, 5) is 21.6. The van der Waals surface area contributed by atoms with Crippen molar-refractivity contribution in [2.24, 2.45) is 11.8 Å². The Kier molecular flexibility index (Phi) is 2.27. The fraction of sp³-hybridized carbons (Fsp3) is 0.750. The van der Waals surface area contributed by atoms with Crippen LogP contribution in [0.4, 0.5) is 0 Å².